The molecule has 196 valence electrons. The van der Waals surface area contributed by atoms with Gasteiger partial charge in [0.15, 0.2) is 0 Å². The van der Waals surface area contributed by atoms with Crippen molar-refractivity contribution in [2.75, 3.05) is 18.0 Å². The van der Waals surface area contributed by atoms with Crippen LogP contribution in [0, 0.1) is 23.6 Å². The van der Waals surface area contributed by atoms with E-state index < -0.39 is 5.60 Å². The second kappa shape index (κ2) is 9.68. The van der Waals surface area contributed by atoms with Gasteiger partial charge in [-0.25, -0.2) is 9.18 Å². The molecule has 10 nitrogen and oxygen atoms in total. The highest BCUT2D eigenvalue weighted by atomic mass is 19.1. The number of halogens is 1. The largest absolute Gasteiger partial charge is 0.444 e. The fraction of sp³-hybridized carbons (Fsp3) is 0.538. The molecule has 3 heterocycles. The van der Waals surface area contributed by atoms with Gasteiger partial charge >= 0.3 is 6.09 Å². The topological polar surface area (TPSA) is 113 Å². The zero-order chi connectivity index (χ0) is 26.3. The molecule has 0 spiro atoms. The Bertz CT molecular complexity index is 1230. The molecule has 1 aliphatic carbocycles. The number of tetrazole rings is 1. The van der Waals surface area contributed by atoms with Gasteiger partial charge in [0.1, 0.15) is 11.4 Å². The molecule has 11 heteroatoms. The van der Waals surface area contributed by atoms with E-state index in [1.165, 1.54) is 0 Å². The zero-order valence-electron chi connectivity index (χ0n) is 21.8. The molecule has 37 heavy (non-hydrogen) atoms. The molecule has 2 aliphatic rings. The summed E-state index contributed by atoms with van der Waals surface area (Å²) in [6.45, 7) is 11.5. The highest BCUT2D eigenvalue weighted by Crippen LogP contribution is 2.52. The van der Waals surface area contributed by atoms with Gasteiger partial charge < -0.3 is 9.64 Å². The summed E-state index contributed by atoms with van der Waals surface area (Å²) in [4.78, 5) is 17.2. The molecule has 2 aromatic heterocycles. The number of hydrogen-bond acceptors (Lipinski definition) is 8. The first-order valence-electron chi connectivity index (χ1n) is 12.7. The SMILES string of the molecule is CC(C)Cc1cc(F)c(-c2nn[nH]n2)c(N2CC3C(C2)C3N(Cc2cccnn2)C(=O)OC(C)(C)C)c1. The van der Waals surface area contributed by atoms with E-state index in [-0.39, 0.29) is 35.6 Å². The summed E-state index contributed by atoms with van der Waals surface area (Å²) < 4.78 is 21.1. The average Bonchev–Trinajstić information content (AvgIpc) is 3.19. The number of nitrogens with zero attached hydrogens (tertiary/aromatic N) is 7. The van der Waals surface area contributed by atoms with Crippen LogP contribution >= 0.6 is 0 Å². The van der Waals surface area contributed by atoms with Crippen LogP contribution in [-0.2, 0) is 17.7 Å². The lowest BCUT2D eigenvalue weighted by Crippen LogP contribution is -2.42. The molecule has 1 saturated heterocycles. The Morgan fingerprint density at radius 1 is 1.24 bits per heavy atom. The minimum absolute atomic E-state index is 0.0189. The van der Waals surface area contributed by atoms with E-state index in [1.54, 1.807) is 17.2 Å². The molecule has 2 fully saturated rings. The minimum Gasteiger partial charge on any atom is -0.444 e. The molecule has 1 saturated carbocycles. The molecule has 3 aromatic rings. The molecule has 0 radical (unpaired) electrons. The number of aromatic nitrogens is 6. The van der Waals surface area contributed by atoms with Gasteiger partial charge in [-0.3, -0.25) is 4.90 Å². The fourth-order valence-electron chi connectivity index (χ4n) is 5.33. The molecular weight excluding hydrogens is 475 g/mol. The van der Waals surface area contributed by atoms with Crippen molar-refractivity contribution in [3.63, 3.8) is 0 Å². The van der Waals surface area contributed by atoms with E-state index in [0.717, 1.165) is 17.7 Å². The number of fused-ring (bicyclic) bond motifs is 1. The van der Waals surface area contributed by atoms with Crippen LogP contribution in [0.4, 0.5) is 14.9 Å². The molecule has 1 aromatic carbocycles. The summed E-state index contributed by atoms with van der Waals surface area (Å²) in [5, 5.41) is 22.3. The monoisotopic (exact) mass is 508 g/mol. The molecule has 5 rings (SSSR count). The summed E-state index contributed by atoms with van der Waals surface area (Å²) in [7, 11) is 0. The maximum absolute atomic E-state index is 15.4. The third-order valence-corrected chi connectivity index (χ3v) is 6.78. The van der Waals surface area contributed by atoms with Gasteiger partial charge in [0.25, 0.3) is 0 Å². The highest BCUT2D eigenvalue weighted by molar-refractivity contribution is 5.76. The van der Waals surface area contributed by atoms with Crippen LogP contribution in [0.15, 0.2) is 30.5 Å². The van der Waals surface area contributed by atoms with E-state index >= 15 is 4.39 Å². The first-order valence-corrected chi connectivity index (χ1v) is 12.7. The quantitative estimate of drug-likeness (QED) is 0.512. The van der Waals surface area contributed by atoms with Crippen molar-refractivity contribution < 1.29 is 13.9 Å². The van der Waals surface area contributed by atoms with Gasteiger partial charge in [-0.1, -0.05) is 13.8 Å². The molecule has 1 amide bonds. The molecule has 0 bridgehead atoms. The van der Waals surface area contributed by atoms with Crippen LogP contribution < -0.4 is 4.90 Å². The Hall–Kier alpha value is -3.63. The standard InChI is InChI=1S/C26H33FN8O2/c1-15(2)9-16-10-20(27)22(24-30-32-33-31-24)21(11-16)34-13-18-19(14-34)23(18)35(25(36)37-26(3,4)5)12-17-7-6-8-28-29-17/h6-8,10-11,15,18-19,23H,9,12-14H2,1-5H3,(H,30,31,32,33). The van der Waals surface area contributed by atoms with E-state index in [2.05, 4.69) is 49.6 Å². The Labute approximate surface area is 215 Å². The van der Waals surface area contributed by atoms with E-state index in [9.17, 15) is 4.79 Å². The third-order valence-electron chi connectivity index (χ3n) is 6.78. The Morgan fingerprint density at radius 3 is 2.59 bits per heavy atom. The van der Waals surface area contributed by atoms with Crippen LogP contribution in [0.25, 0.3) is 11.4 Å². The van der Waals surface area contributed by atoms with Crippen molar-refractivity contribution in [2.45, 2.75) is 59.2 Å². The number of piperidine rings is 1. The summed E-state index contributed by atoms with van der Waals surface area (Å²) in [6, 6.07) is 7.29. The smallest absolute Gasteiger partial charge is 0.410 e. The number of benzene rings is 1. The van der Waals surface area contributed by atoms with Crippen molar-refractivity contribution in [1.82, 2.24) is 35.7 Å². The molecule has 1 aliphatic heterocycles. The summed E-state index contributed by atoms with van der Waals surface area (Å²) >= 11 is 0. The van der Waals surface area contributed by atoms with Crippen LogP contribution in [0.3, 0.4) is 0 Å². The highest BCUT2D eigenvalue weighted by Gasteiger charge is 2.60. The molecular formula is C26H33FN8O2. The van der Waals surface area contributed by atoms with Gasteiger partial charge in [-0.05, 0) is 68.2 Å². The summed E-state index contributed by atoms with van der Waals surface area (Å²) in [6.07, 6.45) is 2.02. The second-order valence-corrected chi connectivity index (χ2v) is 11.4. The number of aromatic amines is 1. The lowest BCUT2D eigenvalue weighted by Gasteiger charge is -2.31. The number of hydrogen-bond donors (Lipinski definition) is 1. The van der Waals surface area contributed by atoms with Crippen LogP contribution in [0.1, 0.15) is 45.9 Å². The second-order valence-electron chi connectivity index (χ2n) is 11.4. The molecule has 1 N–H and O–H groups in total. The minimum atomic E-state index is -0.610. The maximum atomic E-state index is 15.4. The number of carbonyl (C=O) groups is 1. The van der Waals surface area contributed by atoms with Crippen molar-refractivity contribution >= 4 is 11.8 Å². The predicted octanol–water partition coefficient (Wildman–Crippen LogP) is 3.87. The number of ether oxygens (including phenoxy) is 1. The fourth-order valence-corrected chi connectivity index (χ4v) is 5.33. The summed E-state index contributed by atoms with van der Waals surface area (Å²) in [5.41, 5.74) is 2.15. The normalized spacial score (nSPS) is 20.7. The lowest BCUT2D eigenvalue weighted by atomic mass is 9.99. The van der Waals surface area contributed by atoms with Crippen LogP contribution in [0.5, 0.6) is 0 Å². The van der Waals surface area contributed by atoms with Crippen LogP contribution in [-0.4, -0.2) is 66.5 Å². The van der Waals surface area contributed by atoms with Crippen molar-refractivity contribution in [3.8, 4) is 11.4 Å². The summed E-state index contributed by atoms with van der Waals surface area (Å²) in [5.74, 6) is 0.741. The zero-order valence-corrected chi connectivity index (χ0v) is 21.8. The van der Waals surface area contributed by atoms with E-state index in [1.807, 2.05) is 39.0 Å². The average molecular weight is 509 g/mol. The predicted molar refractivity (Wildman–Crippen MR) is 135 cm³/mol. The third kappa shape index (κ3) is 5.40. The Balaban J connectivity index is 1.39. The lowest BCUT2D eigenvalue weighted by molar-refractivity contribution is 0.0192. The van der Waals surface area contributed by atoms with Gasteiger partial charge in [-0.15, -0.1) is 10.2 Å². The van der Waals surface area contributed by atoms with Crippen molar-refractivity contribution in [3.05, 3.63) is 47.5 Å². The number of H-pyrrole nitrogens is 1. The van der Waals surface area contributed by atoms with E-state index in [0.29, 0.717) is 36.8 Å². The number of carbonyl (C=O) groups excluding carboxylic acids is 1. The number of amides is 1. The molecule has 2 atom stereocenters. The number of nitrogens with one attached hydrogen (secondary N) is 1. The van der Waals surface area contributed by atoms with Gasteiger partial charge in [0, 0.05) is 37.2 Å². The molecule has 2 unspecified atom stereocenters. The number of rotatable bonds is 7. The van der Waals surface area contributed by atoms with Gasteiger partial charge in [0.05, 0.1) is 23.5 Å². The van der Waals surface area contributed by atoms with Crippen molar-refractivity contribution in [2.24, 2.45) is 17.8 Å². The Kier molecular flexibility index (Phi) is 6.55. The van der Waals surface area contributed by atoms with Crippen LogP contribution in [0.2, 0.25) is 0 Å². The Morgan fingerprint density at radius 2 is 2.00 bits per heavy atom. The maximum Gasteiger partial charge on any atom is 0.410 e. The van der Waals surface area contributed by atoms with E-state index in [4.69, 9.17) is 4.74 Å². The number of anilines is 1. The van der Waals surface area contributed by atoms with Gasteiger partial charge in [0.2, 0.25) is 5.82 Å². The first kappa shape index (κ1) is 25.0. The van der Waals surface area contributed by atoms with Gasteiger partial charge in [-0.2, -0.15) is 15.4 Å². The first-order chi connectivity index (χ1) is 17.6. The van der Waals surface area contributed by atoms with Crippen molar-refractivity contribution in [1.29, 1.82) is 0 Å².